The van der Waals surface area contributed by atoms with E-state index in [0.29, 0.717) is 25.9 Å². The number of rotatable bonds is 70. The fraction of sp³-hybridized carbons (Fsp3) is 0.946. The molecule has 0 aliphatic rings. The van der Waals surface area contributed by atoms with Crippen LogP contribution < -0.4 is 5.32 Å². The molecule has 0 heterocycles. The zero-order valence-electron chi connectivity index (χ0n) is 54.6. The van der Waals surface area contributed by atoms with Crippen LogP contribution in [-0.2, 0) is 14.3 Å². The number of aliphatic hydroxyl groups excluding tert-OH is 2. The molecule has 0 radical (unpaired) electrons. The molecule has 6 heteroatoms. The van der Waals surface area contributed by atoms with E-state index >= 15 is 0 Å². The maximum atomic E-state index is 12.5. The van der Waals surface area contributed by atoms with Gasteiger partial charge in [0.1, 0.15) is 0 Å². The molecule has 0 rings (SSSR count). The summed E-state index contributed by atoms with van der Waals surface area (Å²) in [6.45, 7) is 4.98. The van der Waals surface area contributed by atoms with Gasteiger partial charge >= 0.3 is 5.97 Å². The number of aliphatic hydroxyl groups is 2. The van der Waals surface area contributed by atoms with E-state index in [9.17, 15) is 19.8 Å². The predicted molar refractivity (Wildman–Crippen MR) is 352 cm³/mol. The molecule has 0 aliphatic carbocycles. The van der Waals surface area contributed by atoms with E-state index in [1.54, 1.807) is 0 Å². The molecule has 2 unspecified atom stereocenters. The van der Waals surface area contributed by atoms with E-state index < -0.39 is 12.1 Å². The average Bonchev–Trinajstić information content (AvgIpc) is 3.46. The number of allylic oxidation sites excluding steroid dienone is 2. The molecule has 0 bridgehead atoms. The van der Waals surface area contributed by atoms with Crippen LogP contribution in [-0.4, -0.2) is 47.4 Å². The van der Waals surface area contributed by atoms with Crippen LogP contribution in [0.5, 0.6) is 0 Å². The second-order valence-electron chi connectivity index (χ2n) is 25.6. The minimum absolute atomic E-state index is 0.0118. The fourth-order valence-corrected chi connectivity index (χ4v) is 11.9. The van der Waals surface area contributed by atoms with Gasteiger partial charge in [0.15, 0.2) is 0 Å². The normalized spacial score (nSPS) is 12.5. The van der Waals surface area contributed by atoms with E-state index in [0.717, 1.165) is 44.9 Å². The molecule has 6 nitrogen and oxygen atoms in total. The number of ether oxygens (including phenoxy) is 1. The van der Waals surface area contributed by atoms with Crippen molar-refractivity contribution in [2.75, 3.05) is 13.2 Å². The Kier molecular flexibility index (Phi) is 68.9. The number of hydrogen-bond acceptors (Lipinski definition) is 5. The van der Waals surface area contributed by atoms with Gasteiger partial charge in [-0.2, -0.15) is 0 Å². The summed E-state index contributed by atoms with van der Waals surface area (Å²) in [5.41, 5.74) is 0. The Morgan fingerprint density at radius 2 is 0.588 bits per heavy atom. The van der Waals surface area contributed by atoms with Crippen molar-refractivity contribution >= 4 is 11.9 Å². The van der Waals surface area contributed by atoms with Crippen LogP contribution in [0.3, 0.4) is 0 Å². The van der Waals surface area contributed by atoms with Gasteiger partial charge < -0.3 is 20.3 Å². The molecule has 476 valence electrons. The van der Waals surface area contributed by atoms with Gasteiger partial charge in [0.25, 0.3) is 0 Å². The molecule has 0 aromatic rings. The molecule has 2 atom stereocenters. The van der Waals surface area contributed by atoms with Crippen LogP contribution in [0.25, 0.3) is 0 Å². The summed E-state index contributed by atoms with van der Waals surface area (Å²) in [4.78, 5) is 24.6. The summed E-state index contributed by atoms with van der Waals surface area (Å²) in [5.74, 6) is -0.0142. The lowest BCUT2D eigenvalue weighted by atomic mass is 10.0. The van der Waals surface area contributed by atoms with Gasteiger partial charge in [-0.05, 0) is 51.4 Å². The first-order chi connectivity index (χ1) is 39.5. The quantitative estimate of drug-likeness (QED) is 0.0320. The molecule has 0 saturated carbocycles. The van der Waals surface area contributed by atoms with Crippen molar-refractivity contribution in [2.45, 2.75) is 437 Å². The Bertz CT molecular complexity index is 1210. The van der Waals surface area contributed by atoms with Gasteiger partial charge in [0.05, 0.1) is 25.4 Å². The van der Waals surface area contributed by atoms with Crippen LogP contribution in [0.4, 0.5) is 0 Å². The third-order valence-electron chi connectivity index (χ3n) is 17.6. The van der Waals surface area contributed by atoms with Crippen molar-refractivity contribution < 1.29 is 24.5 Å². The fourth-order valence-electron chi connectivity index (χ4n) is 11.9. The molecule has 0 aromatic carbocycles. The summed E-state index contributed by atoms with van der Waals surface area (Å²) in [7, 11) is 0. The molecule has 0 aromatic heterocycles. The van der Waals surface area contributed by atoms with Crippen LogP contribution in [0.1, 0.15) is 425 Å². The van der Waals surface area contributed by atoms with Gasteiger partial charge in [0, 0.05) is 12.8 Å². The Hall–Kier alpha value is -1.40. The van der Waals surface area contributed by atoms with Gasteiger partial charge in [-0.25, -0.2) is 0 Å². The summed E-state index contributed by atoms with van der Waals surface area (Å²) in [6.07, 6.45) is 87.1. The number of carbonyl (C=O) groups excluding carboxylic acids is 2. The summed E-state index contributed by atoms with van der Waals surface area (Å²) in [6, 6.07) is -0.539. The predicted octanol–water partition coefficient (Wildman–Crippen LogP) is 23.9. The van der Waals surface area contributed by atoms with E-state index in [-0.39, 0.29) is 18.5 Å². The third-order valence-corrected chi connectivity index (χ3v) is 17.6. The highest BCUT2D eigenvalue weighted by molar-refractivity contribution is 5.76. The molecule has 0 saturated heterocycles. The molecular weight excluding hydrogens is 983 g/mol. The monoisotopic (exact) mass is 1130 g/mol. The minimum atomic E-state index is -0.662. The van der Waals surface area contributed by atoms with Crippen LogP contribution >= 0.6 is 0 Å². The van der Waals surface area contributed by atoms with Crippen molar-refractivity contribution in [2.24, 2.45) is 0 Å². The highest BCUT2D eigenvalue weighted by Crippen LogP contribution is 2.20. The van der Waals surface area contributed by atoms with E-state index in [1.165, 1.54) is 347 Å². The summed E-state index contributed by atoms with van der Waals surface area (Å²) in [5, 5.41) is 23.4. The minimum Gasteiger partial charge on any atom is -0.466 e. The number of nitrogens with one attached hydrogen (secondary N) is 1. The lowest BCUT2D eigenvalue weighted by molar-refractivity contribution is -0.143. The van der Waals surface area contributed by atoms with Gasteiger partial charge in [-0.15, -0.1) is 0 Å². The lowest BCUT2D eigenvalue weighted by Crippen LogP contribution is -2.45. The van der Waals surface area contributed by atoms with Crippen LogP contribution in [0.15, 0.2) is 12.2 Å². The van der Waals surface area contributed by atoms with Crippen molar-refractivity contribution in [3.63, 3.8) is 0 Å². The van der Waals surface area contributed by atoms with Gasteiger partial charge in [-0.3, -0.25) is 9.59 Å². The molecule has 0 aliphatic heterocycles. The number of carbonyl (C=O) groups is 2. The molecule has 1 amide bonds. The standard InChI is InChI=1S/C74H145NO5/c1-3-5-7-9-11-13-15-17-18-19-20-33-36-39-43-46-50-54-58-62-66-72(77)71(70-76)75-73(78)67-63-59-55-51-47-44-40-37-34-31-29-27-25-23-21-22-24-26-28-30-32-35-38-41-45-49-53-57-61-65-69-80-74(79)68-64-60-56-52-48-42-16-14-12-10-8-6-4-2/h14,16,71-72,76-77H,3-13,15,17-70H2,1-2H3,(H,75,78)/b16-14-. The number of esters is 1. The second kappa shape index (κ2) is 70.1. The Labute approximate surface area is 501 Å². The van der Waals surface area contributed by atoms with Crippen molar-refractivity contribution in [1.29, 1.82) is 0 Å². The topological polar surface area (TPSA) is 95.9 Å². The Balaban J connectivity index is 3.33. The number of amides is 1. The molecule has 80 heavy (non-hydrogen) atoms. The lowest BCUT2D eigenvalue weighted by Gasteiger charge is -2.22. The molecule has 0 spiro atoms. The SMILES string of the molecule is CCCCCC/C=C\CCCCCCCC(=O)OCCCCCCCCCCCCCCCCCCCCCCCCCCCCCCCCC(=O)NC(CO)C(O)CCCCCCCCCCCCCCCCCCCCCC. The number of unbranched alkanes of at least 4 members (excludes halogenated alkanes) is 57. The van der Waals surface area contributed by atoms with Crippen molar-refractivity contribution in [3.8, 4) is 0 Å². The van der Waals surface area contributed by atoms with Crippen LogP contribution in [0, 0.1) is 0 Å². The van der Waals surface area contributed by atoms with E-state index in [1.807, 2.05) is 0 Å². The average molecular weight is 1130 g/mol. The maximum absolute atomic E-state index is 12.5. The van der Waals surface area contributed by atoms with Crippen LogP contribution in [0.2, 0.25) is 0 Å². The summed E-state index contributed by atoms with van der Waals surface area (Å²) < 4.78 is 5.48. The van der Waals surface area contributed by atoms with Gasteiger partial charge in [0.2, 0.25) is 5.91 Å². The molecule has 3 N–H and O–H groups in total. The zero-order chi connectivity index (χ0) is 57.8. The highest BCUT2D eigenvalue weighted by Gasteiger charge is 2.20. The number of hydrogen-bond donors (Lipinski definition) is 3. The van der Waals surface area contributed by atoms with E-state index in [2.05, 4.69) is 31.3 Å². The first-order valence-corrected chi connectivity index (χ1v) is 36.9. The first kappa shape index (κ1) is 78.6. The van der Waals surface area contributed by atoms with E-state index in [4.69, 9.17) is 4.74 Å². The third kappa shape index (κ3) is 65.7. The second-order valence-corrected chi connectivity index (χ2v) is 25.6. The zero-order valence-corrected chi connectivity index (χ0v) is 54.6. The van der Waals surface area contributed by atoms with Crippen molar-refractivity contribution in [3.05, 3.63) is 12.2 Å². The smallest absolute Gasteiger partial charge is 0.305 e. The van der Waals surface area contributed by atoms with Crippen molar-refractivity contribution in [1.82, 2.24) is 5.32 Å². The largest absolute Gasteiger partial charge is 0.466 e. The maximum Gasteiger partial charge on any atom is 0.305 e. The highest BCUT2D eigenvalue weighted by atomic mass is 16.5. The summed E-state index contributed by atoms with van der Waals surface area (Å²) >= 11 is 0. The first-order valence-electron chi connectivity index (χ1n) is 36.9. The molecular formula is C74H145NO5. The Morgan fingerprint density at radius 1 is 0.338 bits per heavy atom. The Morgan fingerprint density at radius 3 is 0.900 bits per heavy atom. The van der Waals surface area contributed by atoms with Gasteiger partial charge in [-0.1, -0.05) is 373 Å². The molecule has 0 fully saturated rings.